The van der Waals surface area contributed by atoms with Crippen LogP contribution in [0.2, 0.25) is 0 Å². The lowest BCUT2D eigenvalue weighted by Crippen LogP contribution is -2.56. The van der Waals surface area contributed by atoms with Crippen LogP contribution in [0.5, 0.6) is 5.75 Å². The van der Waals surface area contributed by atoms with E-state index < -0.39 is 47.6 Å². The number of fused-ring (bicyclic) bond motifs is 3. The second kappa shape index (κ2) is 16.3. The smallest absolute Gasteiger partial charge is 0.408 e. The molecule has 0 spiro atoms. The van der Waals surface area contributed by atoms with E-state index in [1.807, 2.05) is 43.5 Å². The zero-order valence-electron chi connectivity index (χ0n) is 31.2. The van der Waals surface area contributed by atoms with E-state index in [0.29, 0.717) is 46.4 Å². The van der Waals surface area contributed by atoms with Gasteiger partial charge in [0, 0.05) is 35.2 Å². The molecule has 1 saturated heterocycles. The number of para-hydroxylation sites is 1. The molecule has 2 aliphatic carbocycles. The molecule has 7 rings (SSSR count). The lowest BCUT2D eigenvalue weighted by molar-refractivity contribution is -0.145. The van der Waals surface area contributed by atoms with E-state index in [0.717, 1.165) is 50.1 Å². The molecule has 3 aromatic rings. The number of allylic oxidation sites excluding steroid dienone is 1. The van der Waals surface area contributed by atoms with E-state index in [4.69, 9.17) is 25.9 Å². The molecule has 0 unspecified atom stereocenters. The number of thiazole rings is 1. The van der Waals surface area contributed by atoms with Crippen molar-refractivity contribution >= 4 is 51.2 Å². The number of carbonyl (C=O) groups excluding carboxylic acids is 3. The summed E-state index contributed by atoms with van der Waals surface area (Å²) in [5.41, 5.74) is 0.834. The number of carboxylic acids is 1. The zero-order chi connectivity index (χ0) is 38.7. The van der Waals surface area contributed by atoms with Crippen molar-refractivity contribution in [3.05, 3.63) is 47.4 Å². The number of nitrogens with one attached hydrogen (secondary N) is 3. The molecule has 290 valence electrons. The number of carbonyl (C=O) groups is 4. The van der Waals surface area contributed by atoms with Crippen molar-refractivity contribution in [2.24, 2.45) is 5.92 Å². The Morgan fingerprint density at radius 1 is 1.09 bits per heavy atom. The SMILES string of the molecule is C#Cc1cccc2c(O[C@@H]3C[C@H]4C(=O)N[C@]5(C(=O)O)C[C@@H]5/C=C\CCCCC[C@H](NC(=O)OC5CCCC5)C(=O)N4C3)cc(-c3csc(NC(C)C)n3)nc12. The minimum absolute atomic E-state index is 0.0172. The number of alkyl carbamates (subject to hydrolysis) is 1. The average Bonchev–Trinajstić information content (AvgIpc) is 3.58. The van der Waals surface area contributed by atoms with E-state index in [2.05, 4.69) is 21.9 Å². The summed E-state index contributed by atoms with van der Waals surface area (Å²) in [6, 6.07) is 5.45. The highest BCUT2D eigenvalue weighted by atomic mass is 32.1. The average molecular weight is 769 g/mol. The van der Waals surface area contributed by atoms with Gasteiger partial charge in [-0.2, -0.15) is 0 Å². The Hall–Kier alpha value is -5.16. The Morgan fingerprint density at radius 2 is 1.89 bits per heavy atom. The number of amides is 3. The number of carboxylic acid groups (broad SMARTS) is 1. The van der Waals surface area contributed by atoms with Crippen LogP contribution in [0.3, 0.4) is 0 Å². The van der Waals surface area contributed by atoms with Crippen LogP contribution in [-0.2, 0) is 19.1 Å². The predicted molar refractivity (Wildman–Crippen MR) is 209 cm³/mol. The summed E-state index contributed by atoms with van der Waals surface area (Å²) >= 11 is 1.46. The number of benzene rings is 1. The van der Waals surface area contributed by atoms with Crippen molar-refractivity contribution in [3.63, 3.8) is 0 Å². The Morgan fingerprint density at radius 3 is 2.65 bits per heavy atom. The summed E-state index contributed by atoms with van der Waals surface area (Å²) in [7, 11) is 0. The Kier molecular flexibility index (Phi) is 11.3. The first-order chi connectivity index (χ1) is 26.5. The highest BCUT2D eigenvalue weighted by molar-refractivity contribution is 7.14. The first kappa shape index (κ1) is 38.1. The maximum atomic E-state index is 14.5. The minimum Gasteiger partial charge on any atom is -0.488 e. The second-order valence-corrected chi connectivity index (χ2v) is 16.2. The van der Waals surface area contributed by atoms with Crippen LogP contribution >= 0.6 is 11.3 Å². The third-order valence-corrected chi connectivity index (χ3v) is 11.7. The molecule has 2 saturated carbocycles. The fourth-order valence-corrected chi connectivity index (χ4v) is 8.78. The fraction of sp³-hybridized carbons (Fsp3) is 0.512. The lowest BCUT2D eigenvalue weighted by atomic mass is 10.0. The number of nitrogens with zero attached hydrogens (tertiary/aromatic N) is 3. The first-order valence-corrected chi connectivity index (χ1v) is 20.2. The number of pyridine rings is 1. The summed E-state index contributed by atoms with van der Waals surface area (Å²) in [5.74, 6) is 0.667. The van der Waals surface area contributed by atoms with Gasteiger partial charge >= 0.3 is 12.1 Å². The number of hydrogen-bond acceptors (Lipinski definition) is 10. The van der Waals surface area contributed by atoms with Gasteiger partial charge in [-0.3, -0.25) is 9.59 Å². The van der Waals surface area contributed by atoms with Crippen LogP contribution < -0.4 is 20.7 Å². The van der Waals surface area contributed by atoms with Crippen LogP contribution in [0.1, 0.15) is 90.0 Å². The summed E-state index contributed by atoms with van der Waals surface area (Å²) in [6.45, 7) is 4.08. The Balaban J connectivity index is 1.21. The van der Waals surface area contributed by atoms with Crippen molar-refractivity contribution in [1.29, 1.82) is 0 Å². The number of anilines is 1. The molecule has 1 aromatic carbocycles. The topological polar surface area (TPSA) is 172 Å². The molecular weight excluding hydrogens is 721 g/mol. The van der Waals surface area contributed by atoms with Gasteiger partial charge in [-0.15, -0.1) is 17.8 Å². The van der Waals surface area contributed by atoms with Gasteiger partial charge in [0.05, 0.1) is 23.3 Å². The van der Waals surface area contributed by atoms with Gasteiger partial charge in [-0.25, -0.2) is 19.6 Å². The number of aromatic nitrogens is 2. The quantitative estimate of drug-likeness (QED) is 0.157. The monoisotopic (exact) mass is 768 g/mol. The van der Waals surface area contributed by atoms with Crippen LogP contribution in [0.4, 0.5) is 9.93 Å². The van der Waals surface area contributed by atoms with E-state index in [9.17, 15) is 24.3 Å². The highest BCUT2D eigenvalue weighted by Crippen LogP contribution is 2.45. The minimum atomic E-state index is -1.46. The molecule has 0 radical (unpaired) electrons. The highest BCUT2D eigenvalue weighted by Gasteiger charge is 2.61. The van der Waals surface area contributed by atoms with Crippen LogP contribution in [0.25, 0.3) is 22.3 Å². The normalized spacial score (nSPS) is 26.5. The van der Waals surface area contributed by atoms with Gasteiger partial charge < -0.3 is 35.4 Å². The molecule has 14 heteroatoms. The molecule has 4 heterocycles. The van der Waals surface area contributed by atoms with Crippen molar-refractivity contribution in [2.45, 2.75) is 120 Å². The molecule has 2 aliphatic heterocycles. The standard InChI is InChI=1S/C41H48N6O7S/c1-4-25-13-12-17-29-34(20-31(43-35(25)29)32-23-55-39(44-32)42-24(2)3)53-28-19-33-36(48)46-41(38(50)51)21-26(41)14-8-6-5-7-9-18-30(37(49)47(33)22-28)45-40(52)54-27-15-10-11-16-27/h1,8,12-14,17,20,23-24,26-28,30,33H,5-7,9-11,15-16,18-19,21-22H2,2-3H3,(H,42,44)(H,45,52)(H,46,48)(H,50,51)/b14-8-/t26-,28+,30-,33-,41+/m0/s1. The molecule has 13 nitrogen and oxygen atoms in total. The third kappa shape index (κ3) is 8.42. The van der Waals surface area contributed by atoms with Crippen LogP contribution in [-0.4, -0.2) is 86.3 Å². The fourth-order valence-electron chi connectivity index (χ4n) is 7.93. The lowest BCUT2D eigenvalue weighted by Gasteiger charge is -2.29. The first-order valence-electron chi connectivity index (χ1n) is 19.3. The largest absolute Gasteiger partial charge is 0.488 e. The maximum Gasteiger partial charge on any atom is 0.408 e. The van der Waals surface area contributed by atoms with Gasteiger partial charge in [0.15, 0.2) is 5.13 Å². The maximum absolute atomic E-state index is 14.5. The molecule has 4 aliphatic rings. The molecule has 0 bridgehead atoms. The summed E-state index contributed by atoms with van der Waals surface area (Å²) in [6.07, 6.45) is 15.5. The number of hydrogen-bond donors (Lipinski definition) is 4. The van der Waals surface area contributed by atoms with Crippen molar-refractivity contribution in [3.8, 4) is 29.5 Å². The van der Waals surface area contributed by atoms with Gasteiger partial charge in [0.25, 0.3) is 0 Å². The van der Waals surface area contributed by atoms with Gasteiger partial charge in [-0.05, 0) is 77.3 Å². The number of ether oxygens (including phenoxy) is 2. The van der Waals surface area contributed by atoms with E-state index in [1.54, 1.807) is 12.1 Å². The Bertz CT molecular complexity index is 2020. The molecule has 4 N–H and O–H groups in total. The molecular formula is C41H48N6O7S. The van der Waals surface area contributed by atoms with E-state index in [1.165, 1.54) is 16.2 Å². The zero-order valence-corrected chi connectivity index (χ0v) is 32.0. The summed E-state index contributed by atoms with van der Waals surface area (Å²) in [5, 5.41) is 22.5. The number of terminal acetylenes is 1. The van der Waals surface area contributed by atoms with Gasteiger partial charge in [-0.1, -0.05) is 37.0 Å². The van der Waals surface area contributed by atoms with Crippen LogP contribution in [0, 0.1) is 18.3 Å². The van der Waals surface area contributed by atoms with Gasteiger partial charge in [0.1, 0.15) is 41.3 Å². The second-order valence-electron chi connectivity index (χ2n) is 15.3. The third-order valence-electron chi connectivity index (χ3n) is 10.9. The van der Waals surface area contributed by atoms with Crippen molar-refractivity contribution < 1.29 is 33.8 Å². The van der Waals surface area contributed by atoms with Crippen LogP contribution in [0.15, 0.2) is 41.8 Å². The summed E-state index contributed by atoms with van der Waals surface area (Å²) < 4.78 is 12.4. The van der Waals surface area contributed by atoms with E-state index >= 15 is 0 Å². The van der Waals surface area contributed by atoms with Gasteiger partial charge in [0.2, 0.25) is 11.8 Å². The predicted octanol–water partition coefficient (Wildman–Crippen LogP) is 6.03. The molecule has 5 atom stereocenters. The Labute approximate surface area is 324 Å². The summed E-state index contributed by atoms with van der Waals surface area (Å²) in [4.78, 5) is 65.5. The molecule has 3 amide bonds. The van der Waals surface area contributed by atoms with E-state index in [-0.39, 0.29) is 37.5 Å². The van der Waals surface area contributed by atoms with Crippen molar-refractivity contribution in [1.82, 2.24) is 25.5 Å². The van der Waals surface area contributed by atoms with Crippen molar-refractivity contribution in [2.75, 3.05) is 11.9 Å². The molecule has 3 fully saturated rings. The molecule has 55 heavy (non-hydrogen) atoms. The molecule has 2 aromatic heterocycles. The number of rotatable bonds is 8. The number of aliphatic carboxylic acids is 1.